The minimum absolute atomic E-state index is 0.0758. The monoisotopic (exact) mass is 398 g/mol. The van der Waals surface area contributed by atoms with E-state index >= 15 is 0 Å². The summed E-state index contributed by atoms with van der Waals surface area (Å²) in [6.45, 7) is 2.94. The summed E-state index contributed by atoms with van der Waals surface area (Å²) in [6, 6.07) is 15.4. The van der Waals surface area contributed by atoms with Crippen molar-refractivity contribution in [1.82, 2.24) is 4.98 Å². The van der Waals surface area contributed by atoms with Crippen LogP contribution >= 0.6 is 23.1 Å². The highest BCUT2D eigenvalue weighted by molar-refractivity contribution is 8.02. The molecule has 3 aromatic rings. The van der Waals surface area contributed by atoms with E-state index < -0.39 is 0 Å². The van der Waals surface area contributed by atoms with E-state index in [0.717, 1.165) is 15.6 Å². The average Bonchev–Trinajstić information content (AvgIpc) is 3.17. The highest BCUT2D eigenvalue weighted by Crippen LogP contribution is 2.34. The van der Waals surface area contributed by atoms with Crippen molar-refractivity contribution in [3.8, 4) is 22.8 Å². The summed E-state index contributed by atoms with van der Waals surface area (Å²) in [6.07, 6.45) is 0. The number of benzene rings is 2. The van der Waals surface area contributed by atoms with Crippen LogP contribution in [0.1, 0.15) is 6.92 Å². The van der Waals surface area contributed by atoms with E-state index in [0.29, 0.717) is 30.4 Å². The zero-order valence-corrected chi connectivity index (χ0v) is 16.3. The number of thiazole rings is 1. The first kappa shape index (κ1) is 17.9. The van der Waals surface area contributed by atoms with Gasteiger partial charge in [0.2, 0.25) is 5.91 Å². The number of rotatable bonds is 5. The Morgan fingerprint density at radius 2 is 1.93 bits per heavy atom. The largest absolute Gasteiger partial charge is 0.486 e. The van der Waals surface area contributed by atoms with Crippen LogP contribution in [0.2, 0.25) is 0 Å². The second kappa shape index (κ2) is 8.02. The first-order chi connectivity index (χ1) is 13.2. The number of fused-ring (bicyclic) bond motifs is 1. The van der Waals surface area contributed by atoms with Gasteiger partial charge in [-0.1, -0.05) is 42.1 Å². The van der Waals surface area contributed by atoms with Crippen LogP contribution in [0, 0.1) is 0 Å². The molecule has 1 aromatic heterocycles. The SMILES string of the molecule is C[C@H](Sc1nc(-c2ccccc2)cs1)C(=O)Nc1ccc2c(c1)OCCO2. The molecule has 2 aromatic carbocycles. The fourth-order valence-electron chi connectivity index (χ4n) is 2.62. The normalized spacial score (nSPS) is 13.8. The van der Waals surface area contributed by atoms with Crippen LogP contribution in [0.25, 0.3) is 11.3 Å². The molecule has 4 rings (SSSR count). The molecule has 0 unspecified atom stereocenters. The summed E-state index contributed by atoms with van der Waals surface area (Å²) < 4.78 is 11.9. The Bertz CT molecular complexity index is 943. The minimum Gasteiger partial charge on any atom is -0.486 e. The summed E-state index contributed by atoms with van der Waals surface area (Å²) >= 11 is 3.00. The number of thioether (sulfide) groups is 1. The van der Waals surface area contributed by atoms with Gasteiger partial charge in [0.15, 0.2) is 15.8 Å². The molecule has 1 atom stereocenters. The number of ether oxygens (including phenoxy) is 2. The molecule has 0 radical (unpaired) electrons. The highest BCUT2D eigenvalue weighted by Gasteiger charge is 2.18. The van der Waals surface area contributed by atoms with Gasteiger partial charge in [-0.05, 0) is 19.1 Å². The zero-order valence-electron chi connectivity index (χ0n) is 14.7. The van der Waals surface area contributed by atoms with Gasteiger partial charge in [-0.2, -0.15) is 0 Å². The summed E-state index contributed by atoms with van der Waals surface area (Å²) in [5.41, 5.74) is 2.71. The molecule has 5 nitrogen and oxygen atoms in total. The van der Waals surface area contributed by atoms with Crippen molar-refractivity contribution in [2.24, 2.45) is 0 Å². The van der Waals surface area contributed by atoms with E-state index in [4.69, 9.17) is 9.47 Å². The fourth-order valence-corrected chi connectivity index (χ4v) is 4.59. The van der Waals surface area contributed by atoms with Gasteiger partial charge in [-0.15, -0.1) is 11.3 Å². The second-order valence-corrected chi connectivity index (χ2v) is 8.42. The van der Waals surface area contributed by atoms with Gasteiger partial charge in [0.05, 0.1) is 10.9 Å². The number of anilines is 1. The first-order valence-electron chi connectivity index (χ1n) is 8.57. The summed E-state index contributed by atoms with van der Waals surface area (Å²) in [7, 11) is 0. The molecule has 1 N–H and O–H groups in total. The van der Waals surface area contributed by atoms with Gasteiger partial charge in [0.1, 0.15) is 13.2 Å². The molecule has 1 aliphatic rings. The van der Waals surface area contributed by atoms with Crippen molar-refractivity contribution in [2.75, 3.05) is 18.5 Å². The number of amides is 1. The Balaban J connectivity index is 1.39. The van der Waals surface area contributed by atoms with Crippen molar-refractivity contribution in [3.05, 3.63) is 53.9 Å². The topological polar surface area (TPSA) is 60.5 Å². The second-order valence-electron chi connectivity index (χ2n) is 5.97. The van der Waals surface area contributed by atoms with Crippen LogP contribution in [-0.2, 0) is 4.79 Å². The summed E-state index contributed by atoms with van der Waals surface area (Å²) in [5, 5.41) is 4.68. The number of carbonyl (C=O) groups excluding carboxylic acids is 1. The maximum Gasteiger partial charge on any atom is 0.237 e. The first-order valence-corrected chi connectivity index (χ1v) is 10.3. The number of carbonyl (C=O) groups is 1. The van der Waals surface area contributed by atoms with Crippen LogP contribution in [0.5, 0.6) is 11.5 Å². The van der Waals surface area contributed by atoms with Crippen LogP contribution < -0.4 is 14.8 Å². The summed E-state index contributed by atoms with van der Waals surface area (Å²) in [4.78, 5) is 17.2. The van der Waals surface area contributed by atoms with Crippen molar-refractivity contribution in [1.29, 1.82) is 0 Å². The van der Waals surface area contributed by atoms with E-state index in [1.807, 2.05) is 54.8 Å². The number of nitrogens with one attached hydrogen (secondary N) is 1. The quantitative estimate of drug-likeness (QED) is 0.631. The lowest BCUT2D eigenvalue weighted by Crippen LogP contribution is -2.22. The smallest absolute Gasteiger partial charge is 0.237 e. The molecular formula is C20H18N2O3S2. The molecule has 1 amide bonds. The van der Waals surface area contributed by atoms with Gasteiger partial charge >= 0.3 is 0 Å². The Hall–Kier alpha value is -2.51. The molecule has 0 aliphatic carbocycles. The molecule has 0 bridgehead atoms. The van der Waals surface area contributed by atoms with Gasteiger partial charge in [-0.3, -0.25) is 4.79 Å². The Morgan fingerprint density at radius 1 is 1.15 bits per heavy atom. The van der Waals surface area contributed by atoms with Crippen LogP contribution in [0.3, 0.4) is 0 Å². The van der Waals surface area contributed by atoms with E-state index in [1.165, 1.54) is 11.8 Å². The molecule has 0 saturated heterocycles. The van der Waals surface area contributed by atoms with Gasteiger partial charge in [-0.25, -0.2) is 4.98 Å². The van der Waals surface area contributed by atoms with Crippen LogP contribution in [-0.4, -0.2) is 29.4 Å². The van der Waals surface area contributed by atoms with Gasteiger partial charge in [0.25, 0.3) is 0 Å². The van der Waals surface area contributed by atoms with Crippen LogP contribution in [0.15, 0.2) is 58.3 Å². The van der Waals surface area contributed by atoms with Crippen molar-refractivity contribution in [2.45, 2.75) is 16.5 Å². The van der Waals surface area contributed by atoms with Crippen molar-refractivity contribution in [3.63, 3.8) is 0 Å². The molecule has 0 saturated carbocycles. The third kappa shape index (κ3) is 4.26. The van der Waals surface area contributed by atoms with E-state index in [2.05, 4.69) is 10.3 Å². The standard InChI is InChI=1S/C20H18N2O3S2/c1-13(27-20-22-16(12-26-20)14-5-3-2-4-6-14)19(23)21-15-7-8-17-18(11-15)25-10-9-24-17/h2-8,11-13H,9-10H2,1H3,(H,21,23)/t13-/m0/s1. The predicted octanol–water partition coefficient (Wildman–Crippen LogP) is 4.70. The average molecular weight is 399 g/mol. The lowest BCUT2D eigenvalue weighted by atomic mass is 10.2. The number of hydrogen-bond donors (Lipinski definition) is 1. The molecule has 0 fully saturated rings. The number of hydrogen-bond acceptors (Lipinski definition) is 6. The van der Waals surface area contributed by atoms with Crippen LogP contribution in [0.4, 0.5) is 5.69 Å². The molecule has 7 heteroatoms. The molecule has 1 aliphatic heterocycles. The zero-order chi connectivity index (χ0) is 18.6. The fraction of sp³-hybridized carbons (Fsp3) is 0.200. The Kier molecular flexibility index (Phi) is 5.31. The lowest BCUT2D eigenvalue weighted by molar-refractivity contribution is -0.115. The maximum absolute atomic E-state index is 12.5. The molecule has 2 heterocycles. The molecule has 138 valence electrons. The van der Waals surface area contributed by atoms with Crippen molar-refractivity contribution >= 4 is 34.7 Å². The van der Waals surface area contributed by atoms with E-state index in [9.17, 15) is 4.79 Å². The third-order valence-corrected chi connectivity index (χ3v) is 6.08. The molecule has 27 heavy (non-hydrogen) atoms. The van der Waals surface area contributed by atoms with Gasteiger partial charge < -0.3 is 14.8 Å². The Morgan fingerprint density at radius 3 is 2.74 bits per heavy atom. The van der Waals surface area contributed by atoms with Crippen molar-refractivity contribution < 1.29 is 14.3 Å². The maximum atomic E-state index is 12.5. The van der Waals surface area contributed by atoms with Gasteiger partial charge in [0, 0.05) is 22.7 Å². The molecule has 0 spiro atoms. The lowest BCUT2D eigenvalue weighted by Gasteiger charge is -2.19. The molecular weight excluding hydrogens is 380 g/mol. The van der Waals surface area contributed by atoms with E-state index in [-0.39, 0.29) is 11.2 Å². The number of nitrogens with zero attached hydrogens (tertiary/aromatic N) is 1. The summed E-state index contributed by atoms with van der Waals surface area (Å²) in [5.74, 6) is 1.29. The number of aromatic nitrogens is 1. The Labute approximate surface area is 165 Å². The predicted molar refractivity (Wildman–Crippen MR) is 109 cm³/mol. The third-order valence-electron chi connectivity index (χ3n) is 4.01. The minimum atomic E-state index is -0.270. The van der Waals surface area contributed by atoms with E-state index in [1.54, 1.807) is 17.4 Å². The highest BCUT2D eigenvalue weighted by atomic mass is 32.2.